The van der Waals surface area contributed by atoms with Crippen LogP contribution in [0.25, 0.3) is 10.8 Å². The minimum Gasteiger partial charge on any atom is -0.506 e. The van der Waals surface area contributed by atoms with Gasteiger partial charge in [-0.05, 0) is 18.4 Å². The van der Waals surface area contributed by atoms with Gasteiger partial charge in [0.15, 0.2) is 0 Å². The average Bonchev–Trinajstić information content (AvgIpc) is 2.38. The minimum atomic E-state index is -0.973. The summed E-state index contributed by atoms with van der Waals surface area (Å²) in [5, 5.41) is 14.5. The minimum absolute atomic E-state index is 0.0228. The summed E-state index contributed by atoms with van der Waals surface area (Å²) in [4.78, 5) is 12.1. The van der Waals surface area contributed by atoms with Crippen molar-refractivity contribution in [3.05, 3.63) is 42.0 Å². The van der Waals surface area contributed by atoms with Crippen LogP contribution in [0.15, 0.2) is 36.4 Å². The molecule has 106 valence electrons. The fraction of sp³-hybridized carbons (Fsp3) is 0.267. The number of carbonyl (C=O) groups is 1. The molecule has 0 fully saturated rings. The van der Waals surface area contributed by atoms with E-state index in [4.69, 9.17) is 0 Å². The zero-order valence-electron chi connectivity index (χ0n) is 11.4. The highest BCUT2D eigenvalue weighted by Crippen LogP contribution is 2.28. The number of rotatable bonds is 4. The Bertz CT molecular complexity index is 669. The van der Waals surface area contributed by atoms with Crippen molar-refractivity contribution in [3.8, 4) is 5.75 Å². The second kappa shape index (κ2) is 6.05. The maximum atomic E-state index is 12.1. The molecule has 5 heteroatoms. The Morgan fingerprint density at radius 3 is 2.70 bits per heavy atom. The molecule has 2 aromatic carbocycles. The van der Waals surface area contributed by atoms with Crippen molar-refractivity contribution in [2.75, 3.05) is 12.0 Å². The van der Waals surface area contributed by atoms with Gasteiger partial charge in [-0.3, -0.25) is 9.00 Å². The quantitative estimate of drug-likeness (QED) is 0.906. The SMILES string of the molecule is CC(CS(C)=O)NC(=O)c1ccc2ccccc2c1O. The third kappa shape index (κ3) is 3.17. The highest BCUT2D eigenvalue weighted by Gasteiger charge is 2.16. The standard InChI is InChI=1S/C15H17NO3S/c1-10(9-20(2)19)16-15(18)13-8-7-11-5-3-4-6-12(11)14(13)17/h3-8,10,17H,9H2,1-2H3,(H,16,18). The number of hydrogen-bond acceptors (Lipinski definition) is 3. The molecule has 0 radical (unpaired) electrons. The molecule has 0 aliphatic carbocycles. The number of aromatic hydroxyl groups is 1. The predicted molar refractivity (Wildman–Crippen MR) is 81.5 cm³/mol. The van der Waals surface area contributed by atoms with E-state index < -0.39 is 10.8 Å². The van der Waals surface area contributed by atoms with Crippen LogP contribution < -0.4 is 5.32 Å². The van der Waals surface area contributed by atoms with Gasteiger partial charge in [0.2, 0.25) is 0 Å². The first-order valence-corrected chi connectivity index (χ1v) is 8.03. The number of phenolic OH excluding ortho intramolecular Hbond substituents is 1. The second-order valence-electron chi connectivity index (χ2n) is 4.80. The van der Waals surface area contributed by atoms with E-state index in [0.29, 0.717) is 11.1 Å². The molecule has 4 nitrogen and oxygen atoms in total. The Hall–Kier alpha value is -1.88. The van der Waals surface area contributed by atoms with Gasteiger partial charge in [0.1, 0.15) is 5.75 Å². The van der Waals surface area contributed by atoms with Crippen molar-refractivity contribution in [1.82, 2.24) is 5.32 Å². The number of nitrogens with one attached hydrogen (secondary N) is 1. The lowest BCUT2D eigenvalue weighted by Crippen LogP contribution is -2.36. The monoisotopic (exact) mass is 291 g/mol. The van der Waals surface area contributed by atoms with Gasteiger partial charge in [0, 0.05) is 34.2 Å². The lowest BCUT2D eigenvalue weighted by Gasteiger charge is -2.14. The van der Waals surface area contributed by atoms with Gasteiger partial charge in [-0.2, -0.15) is 0 Å². The molecule has 2 rings (SSSR count). The van der Waals surface area contributed by atoms with Gasteiger partial charge in [-0.25, -0.2) is 0 Å². The van der Waals surface area contributed by atoms with Crippen LogP contribution in [-0.4, -0.2) is 33.3 Å². The van der Waals surface area contributed by atoms with Gasteiger partial charge in [-0.1, -0.05) is 30.3 Å². The molecule has 0 aliphatic rings. The van der Waals surface area contributed by atoms with E-state index in [9.17, 15) is 14.1 Å². The first-order chi connectivity index (χ1) is 9.49. The van der Waals surface area contributed by atoms with Crippen LogP contribution >= 0.6 is 0 Å². The molecule has 0 heterocycles. The van der Waals surface area contributed by atoms with Crippen LogP contribution in [0.3, 0.4) is 0 Å². The maximum absolute atomic E-state index is 12.1. The largest absolute Gasteiger partial charge is 0.506 e. The van der Waals surface area contributed by atoms with Crippen molar-refractivity contribution in [1.29, 1.82) is 0 Å². The van der Waals surface area contributed by atoms with E-state index in [2.05, 4.69) is 5.32 Å². The van der Waals surface area contributed by atoms with Crippen LogP contribution in [0.1, 0.15) is 17.3 Å². The van der Waals surface area contributed by atoms with Gasteiger partial charge >= 0.3 is 0 Å². The lowest BCUT2D eigenvalue weighted by atomic mass is 10.0. The Morgan fingerprint density at radius 1 is 1.30 bits per heavy atom. The summed E-state index contributed by atoms with van der Waals surface area (Å²) in [5.74, 6) is 0.0108. The summed E-state index contributed by atoms with van der Waals surface area (Å²) in [7, 11) is -0.973. The Labute approximate surface area is 120 Å². The number of amides is 1. The Balaban J connectivity index is 2.26. The van der Waals surface area contributed by atoms with Crippen LogP contribution in [-0.2, 0) is 10.8 Å². The first kappa shape index (κ1) is 14.5. The summed E-state index contributed by atoms with van der Waals surface area (Å²) in [6, 6.07) is 10.5. The third-order valence-corrected chi connectivity index (χ3v) is 3.98. The van der Waals surface area contributed by atoms with Gasteiger partial charge in [0.25, 0.3) is 5.91 Å². The fourth-order valence-corrected chi connectivity index (χ4v) is 2.92. The molecule has 0 saturated heterocycles. The summed E-state index contributed by atoms with van der Waals surface area (Å²) in [6.07, 6.45) is 1.59. The number of phenols is 1. The van der Waals surface area contributed by atoms with E-state index in [1.807, 2.05) is 18.2 Å². The van der Waals surface area contributed by atoms with Gasteiger partial charge < -0.3 is 10.4 Å². The molecule has 2 atom stereocenters. The highest BCUT2D eigenvalue weighted by molar-refractivity contribution is 7.84. The molecular formula is C15H17NO3S. The predicted octanol–water partition coefficient (Wildman–Crippen LogP) is 2.04. The van der Waals surface area contributed by atoms with Gasteiger partial charge in [0.05, 0.1) is 5.56 Å². The molecule has 2 N–H and O–H groups in total. The number of benzene rings is 2. The van der Waals surface area contributed by atoms with Crippen molar-refractivity contribution in [3.63, 3.8) is 0 Å². The van der Waals surface area contributed by atoms with Crippen LogP contribution in [0.2, 0.25) is 0 Å². The summed E-state index contributed by atoms with van der Waals surface area (Å²) >= 11 is 0. The molecule has 0 spiro atoms. The molecular weight excluding hydrogens is 274 g/mol. The number of hydrogen-bond donors (Lipinski definition) is 2. The topological polar surface area (TPSA) is 66.4 Å². The smallest absolute Gasteiger partial charge is 0.255 e. The molecule has 0 aliphatic heterocycles. The highest BCUT2D eigenvalue weighted by atomic mass is 32.2. The van der Waals surface area contributed by atoms with E-state index in [1.54, 1.807) is 31.4 Å². The molecule has 2 aromatic rings. The third-order valence-electron chi connectivity index (χ3n) is 3.01. The van der Waals surface area contributed by atoms with Crippen LogP contribution in [0.5, 0.6) is 5.75 Å². The van der Waals surface area contributed by atoms with E-state index in [0.717, 1.165) is 5.39 Å². The fourth-order valence-electron chi connectivity index (χ4n) is 2.13. The van der Waals surface area contributed by atoms with Crippen molar-refractivity contribution < 1.29 is 14.1 Å². The van der Waals surface area contributed by atoms with Crippen LogP contribution in [0.4, 0.5) is 0 Å². The average molecular weight is 291 g/mol. The number of fused-ring (bicyclic) bond motifs is 1. The zero-order chi connectivity index (χ0) is 14.7. The van der Waals surface area contributed by atoms with Crippen molar-refractivity contribution >= 4 is 27.5 Å². The molecule has 0 aromatic heterocycles. The summed E-state index contributed by atoms with van der Waals surface area (Å²) < 4.78 is 11.1. The normalized spacial score (nSPS) is 13.9. The second-order valence-corrected chi connectivity index (χ2v) is 6.28. The Morgan fingerprint density at radius 2 is 2.00 bits per heavy atom. The first-order valence-electron chi connectivity index (χ1n) is 6.30. The van der Waals surface area contributed by atoms with E-state index in [1.165, 1.54) is 0 Å². The summed E-state index contributed by atoms with van der Waals surface area (Å²) in [5.41, 5.74) is 0.234. The molecule has 1 amide bonds. The lowest BCUT2D eigenvalue weighted by molar-refractivity contribution is 0.0941. The summed E-state index contributed by atoms with van der Waals surface area (Å²) in [6.45, 7) is 1.79. The van der Waals surface area contributed by atoms with Crippen molar-refractivity contribution in [2.45, 2.75) is 13.0 Å². The molecule has 0 bridgehead atoms. The van der Waals surface area contributed by atoms with Crippen molar-refractivity contribution in [2.24, 2.45) is 0 Å². The number of carbonyl (C=O) groups excluding carboxylic acids is 1. The zero-order valence-corrected chi connectivity index (χ0v) is 12.2. The maximum Gasteiger partial charge on any atom is 0.255 e. The Kier molecular flexibility index (Phi) is 4.39. The van der Waals surface area contributed by atoms with E-state index in [-0.39, 0.29) is 23.3 Å². The van der Waals surface area contributed by atoms with E-state index >= 15 is 0 Å². The molecule has 2 unspecified atom stereocenters. The molecule has 0 saturated carbocycles. The molecule has 20 heavy (non-hydrogen) atoms. The van der Waals surface area contributed by atoms with Crippen LogP contribution in [0, 0.1) is 0 Å². The van der Waals surface area contributed by atoms with Gasteiger partial charge in [-0.15, -0.1) is 0 Å².